The summed E-state index contributed by atoms with van der Waals surface area (Å²) in [5.41, 5.74) is 0.677. The largest absolute Gasteiger partial charge is 0.373 e. The van der Waals surface area contributed by atoms with Crippen molar-refractivity contribution in [2.75, 3.05) is 5.32 Å². The van der Waals surface area contributed by atoms with Gasteiger partial charge in [-0.1, -0.05) is 30.1 Å². The second-order valence-electron chi connectivity index (χ2n) is 4.89. The minimum Gasteiger partial charge on any atom is -0.373 e. The Labute approximate surface area is 128 Å². The maximum atomic E-state index is 12.3. The maximum Gasteiger partial charge on any atom is 0.252 e. The third kappa shape index (κ3) is 2.91. The number of anilines is 1. The Morgan fingerprint density at radius 1 is 1.35 bits per heavy atom. The van der Waals surface area contributed by atoms with Crippen molar-refractivity contribution in [2.24, 2.45) is 0 Å². The number of amides is 2. The van der Waals surface area contributed by atoms with Gasteiger partial charge in [-0.25, -0.2) is 0 Å². The van der Waals surface area contributed by atoms with Crippen LogP contribution < -0.4 is 5.32 Å². The molecule has 0 aliphatic carbocycles. The van der Waals surface area contributed by atoms with Crippen molar-refractivity contribution in [1.29, 1.82) is 0 Å². The molecule has 2 atom stereocenters. The number of carbonyl (C=O) groups is 2. The van der Waals surface area contributed by atoms with Crippen LogP contribution in [0, 0.1) is 0 Å². The molecule has 0 saturated carbocycles. The van der Waals surface area contributed by atoms with Gasteiger partial charge in [-0.15, -0.1) is 0 Å². The molecule has 2 amide bonds. The van der Waals surface area contributed by atoms with E-state index < -0.39 is 6.04 Å². The van der Waals surface area contributed by atoms with Crippen LogP contribution in [0.1, 0.15) is 26.7 Å². The van der Waals surface area contributed by atoms with Crippen LogP contribution in [-0.4, -0.2) is 28.8 Å². The van der Waals surface area contributed by atoms with Gasteiger partial charge in [0.2, 0.25) is 5.91 Å². The number of hydrogen-bond acceptors (Lipinski definition) is 3. The summed E-state index contributed by atoms with van der Waals surface area (Å²) in [6, 6.07) is 4.43. The molecule has 20 heavy (non-hydrogen) atoms. The summed E-state index contributed by atoms with van der Waals surface area (Å²) in [4.78, 5) is 25.5. The summed E-state index contributed by atoms with van der Waals surface area (Å²) in [6.07, 6.45) is 0.917. The fourth-order valence-corrected chi connectivity index (χ4v) is 2.49. The molecular weight excluding hydrogens is 299 g/mol. The SMILES string of the molecule is CCC(C)N1C(=O)CC(Nc2ccc(Cl)c(Cl)c2)C1=O. The van der Waals surface area contributed by atoms with Gasteiger partial charge in [0.15, 0.2) is 0 Å². The number of carbonyl (C=O) groups excluding carboxylic acids is 2. The summed E-state index contributed by atoms with van der Waals surface area (Å²) < 4.78 is 0. The van der Waals surface area contributed by atoms with E-state index in [0.29, 0.717) is 15.7 Å². The Balaban J connectivity index is 2.13. The molecule has 1 heterocycles. The molecule has 2 unspecified atom stereocenters. The molecule has 6 heteroatoms. The van der Waals surface area contributed by atoms with Crippen LogP contribution in [0.2, 0.25) is 10.0 Å². The summed E-state index contributed by atoms with van der Waals surface area (Å²) in [5, 5.41) is 3.90. The van der Waals surface area contributed by atoms with Gasteiger partial charge in [0, 0.05) is 11.7 Å². The van der Waals surface area contributed by atoms with E-state index in [1.54, 1.807) is 18.2 Å². The van der Waals surface area contributed by atoms with E-state index in [9.17, 15) is 9.59 Å². The second-order valence-corrected chi connectivity index (χ2v) is 5.70. The molecule has 0 spiro atoms. The summed E-state index contributed by atoms with van der Waals surface area (Å²) in [5.74, 6) is -0.322. The Kier molecular flexibility index (Phi) is 4.55. The highest BCUT2D eigenvalue weighted by Gasteiger charge is 2.40. The van der Waals surface area contributed by atoms with E-state index in [1.165, 1.54) is 4.90 Å². The molecule has 1 fully saturated rings. The van der Waals surface area contributed by atoms with Crippen LogP contribution in [0.15, 0.2) is 18.2 Å². The van der Waals surface area contributed by atoms with Crippen LogP contribution in [0.3, 0.4) is 0 Å². The Morgan fingerprint density at radius 3 is 2.65 bits per heavy atom. The van der Waals surface area contributed by atoms with Crippen molar-refractivity contribution in [3.63, 3.8) is 0 Å². The van der Waals surface area contributed by atoms with Gasteiger partial charge in [-0.3, -0.25) is 14.5 Å². The smallest absolute Gasteiger partial charge is 0.252 e. The first-order valence-electron chi connectivity index (χ1n) is 6.51. The van der Waals surface area contributed by atoms with Crippen LogP contribution >= 0.6 is 23.2 Å². The lowest BCUT2D eigenvalue weighted by atomic mass is 10.2. The zero-order valence-electron chi connectivity index (χ0n) is 11.3. The third-order valence-electron chi connectivity index (χ3n) is 3.48. The lowest BCUT2D eigenvalue weighted by Crippen LogP contribution is -2.40. The van der Waals surface area contributed by atoms with Crippen LogP contribution in [0.5, 0.6) is 0 Å². The van der Waals surface area contributed by atoms with E-state index in [0.717, 1.165) is 6.42 Å². The van der Waals surface area contributed by atoms with Crippen molar-refractivity contribution in [2.45, 2.75) is 38.8 Å². The van der Waals surface area contributed by atoms with Gasteiger partial charge in [-0.2, -0.15) is 0 Å². The quantitative estimate of drug-likeness (QED) is 0.867. The number of imide groups is 1. The van der Waals surface area contributed by atoms with E-state index in [-0.39, 0.29) is 24.3 Å². The molecule has 1 N–H and O–H groups in total. The van der Waals surface area contributed by atoms with E-state index in [4.69, 9.17) is 23.2 Å². The summed E-state index contributed by atoms with van der Waals surface area (Å²) in [6.45, 7) is 3.82. The van der Waals surface area contributed by atoms with Crippen molar-refractivity contribution in [3.8, 4) is 0 Å². The molecule has 1 saturated heterocycles. The van der Waals surface area contributed by atoms with E-state index in [2.05, 4.69) is 5.32 Å². The van der Waals surface area contributed by atoms with Gasteiger partial charge >= 0.3 is 0 Å². The normalized spacial score (nSPS) is 20.4. The Hall–Kier alpha value is -1.26. The highest BCUT2D eigenvalue weighted by atomic mass is 35.5. The average Bonchev–Trinajstić information content (AvgIpc) is 2.68. The summed E-state index contributed by atoms with van der Waals surface area (Å²) >= 11 is 11.8. The number of benzene rings is 1. The van der Waals surface area contributed by atoms with Gasteiger partial charge in [-0.05, 0) is 31.5 Å². The molecule has 0 bridgehead atoms. The molecule has 2 rings (SSSR count). The molecular formula is C14H16Cl2N2O2. The molecule has 1 aromatic carbocycles. The zero-order valence-corrected chi connectivity index (χ0v) is 12.8. The zero-order chi connectivity index (χ0) is 14.9. The Bertz CT molecular complexity index is 548. The van der Waals surface area contributed by atoms with Gasteiger partial charge < -0.3 is 5.32 Å². The Morgan fingerprint density at radius 2 is 2.05 bits per heavy atom. The molecule has 0 aromatic heterocycles. The highest BCUT2D eigenvalue weighted by molar-refractivity contribution is 6.42. The molecule has 108 valence electrons. The minimum absolute atomic E-state index is 0.0735. The minimum atomic E-state index is -0.534. The number of nitrogens with zero attached hydrogens (tertiary/aromatic N) is 1. The topological polar surface area (TPSA) is 49.4 Å². The predicted molar refractivity (Wildman–Crippen MR) is 80.1 cm³/mol. The van der Waals surface area contributed by atoms with Gasteiger partial charge in [0.25, 0.3) is 5.91 Å². The summed E-state index contributed by atoms with van der Waals surface area (Å²) in [7, 11) is 0. The van der Waals surface area contributed by atoms with E-state index in [1.807, 2.05) is 13.8 Å². The lowest BCUT2D eigenvalue weighted by Gasteiger charge is -2.21. The fraction of sp³-hybridized carbons (Fsp3) is 0.429. The molecule has 0 radical (unpaired) electrons. The van der Waals surface area contributed by atoms with Crippen molar-refractivity contribution < 1.29 is 9.59 Å². The van der Waals surface area contributed by atoms with Crippen LogP contribution in [0.4, 0.5) is 5.69 Å². The monoisotopic (exact) mass is 314 g/mol. The molecule has 1 aliphatic rings. The lowest BCUT2D eigenvalue weighted by molar-refractivity contribution is -0.140. The predicted octanol–water partition coefficient (Wildman–Crippen LogP) is 3.33. The highest BCUT2D eigenvalue weighted by Crippen LogP contribution is 2.27. The van der Waals surface area contributed by atoms with Crippen molar-refractivity contribution >= 4 is 40.7 Å². The van der Waals surface area contributed by atoms with Gasteiger partial charge in [0.1, 0.15) is 6.04 Å². The van der Waals surface area contributed by atoms with Gasteiger partial charge in [0.05, 0.1) is 16.5 Å². The number of hydrogen-bond donors (Lipinski definition) is 1. The number of nitrogens with one attached hydrogen (secondary N) is 1. The number of halogens is 2. The second kappa shape index (κ2) is 6.02. The average molecular weight is 315 g/mol. The molecule has 4 nitrogen and oxygen atoms in total. The fourth-order valence-electron chi connectivity index (χ4n) is 2.20. The third-order valence-corrected chi connectivity index (χ3v) is 4.21. The van der Waals surface area contributed by atoms with E-state index >= 15 is 0 Å². The first kappa shape index (κ1) is 15.1. The molecule has 1 aliphatic heterocycles. The first-order chi connectivity index (χ1) is 9.43. The van der Waals surface area contributed by atoms with Crippen LogP contribution in [0.25, 0.3) is 0 Å². The first-order valence-corrected chi connectivity index (χ1v) is 7.27. The molecule has 1 aromatic rings. The standard InChI is InChI=1S/C14H16Cl2N2O2/c1-3-8(2)18-13(19)7-12(14(18)20)17-9-4-5-10(15)11(16)6-9/h4-6,8,12,17H,3,7H2,1-2H3. The number of rotatable bonds is 4. The maximum absolute atomic E-state index is 12.3. The van der Waals surface area contributed by atoms with Crippen molar-refractivity contribution in [1.82, 2.24) is 4.90 Å². The van der Waals surface area contributed by atoms with Crippen LogP contribution in [-0.2, 0) is 9.59 Å². The van der Waals surface area contributed by atoms with Crippen molar-refractivity contribution in [3.05, 3.63) is 28.2 Å². The number of likely N-dealkylation sites (tertiary alicyclic amines) is 1.